The molecule has 0 aliphatic heterocycles. The highest BCUT2D eigenvalue weighted by Crippen LogP contribution is 2.07. The Labute approximate surface area is 90.3 Å². The summed E-state index contributed by atoms with van der Waals surface area (Å²) in [5, 5.41) is 3.12. The highest BCUT2D eigenvalue weighted by Gasteiger charge is 1.93. The van der Waals surface area contributed by atoms with Gasteiger partial charge in [-0.25, -0.2) is 0 Å². The summed E-state index contributed by atoms with van der Waals surface area (Å²) in [4.78, 5) is 0. The van der Waals surface area contributed by atoms with Crippen LogP contribution in [0.3, 0.4) is 0 Å². The lowest BCUT2D eigenvalue weighted by atomic mass is 10.1. The van der Waals surface area contributed by atoms with Crippen molar-refractivity contribution in [1.82, 2.24) is 5.32 Å². The Hall–Kier alpha value is -0.560. The molecule has 1 heteroatoms. The molecule has 0 aromatic carbocycles. The van der Waals surface area contributed by atoms with Crippen molar-refractivity contribution in [3.8, 4) is 0 Å². The van der Waals surface area contributed by atoms with E-state index < -0.39 is 0 Å². The molecule has 1 rings (SSSR count). The molecule has 84 valence electrons. The summed E-state index contributed by atoms with van der Waals surface area (Å²) in [5.74, 6) is 0. The van der Waals surface area contributed by atoms with Gasteiger partial charge >= 0.3 is 0 Å². The average Bonchev–Trinajstić information content (AvgIpc) is 2.24. The predicted molar refractivity (Wildman–Crippen MR) is 67.7 cm³/mol. The number of nitrogens with one attached hydrogen (secondary N) is 1. The molecule has 0 aromatic rings. The molecule has 14 heavy (non-hydrogen) atoms. The van der Waals surface area contributed by atoms with E-state index in [9.17, 15) is 0 Å². The van der Waals surface area contributed by atoms with E-state index >= 15 is 0 Å². The zero-order chi connectivity index (χ0) is 11.2. The second kappa shape index (κ2) is 14.9. The van der Waals surface area contributed by atoms with Crippen LogP contribution in [0.15, 0.2) is 23.8 Å². The van der Waals surface area contributed by atoms with Gasteiger partial charge in [0.1, 0.15) is 0 Å². The highest BCUT2D eigenvalue weighted by molar-refractivity contribution is 5.23. The fourth-order valence-electron chi connectivity index (χ4n) is 1.00. The fourth-order valence-corrected chi connectivity index (χ4v) is 1.00. The van der Waals surface area contributed by atoms with Gasteiger partial charge in [0.2, 0.25) is 0 Å². The maximum Gasteiger partial charge on any atom is 0.0199 e. The van der Waals surface area contributed by atoms with Crippen LogP contribution < -0.4 is 5.32 Å². The molecule has 1 N–H and O–H groups in total. The molecule has 1 nitrogen and oxygen atoms in total. The largest absolute Gasteiger partial charge is 0.316 e. The molecule has 1 aliphatic rings. The molecular weight excluding hydrogens is 170 g/mol. The molecule has 0 fully saturated rings. The van der Waals surface area contributed by atoms with Gasteiger partial charge in [-0.15, -0.1) is 0 Å². The third-order valence-corrected chi connectivity index (χ3v) is 1.45. The van der Waals surface area contributed by atoms with Crippen molar-refractivity contribution in [1.29, 1.82) is 0 Å². The molecule has 0 aromatic heterocycles. The van der Waals surface area contributed by atoms with Crippen molar-refractivity contribution in [2.75, 3.05) is 13.6 Å². The maximum absolute atomic E-state index is 3.12. The lowest BCUT2D eigenvalue weighted by Crippen LogP contribution is -2.09. The van der Waals surface area contributed by atoms with E-state index in [4.69, 9.17) is 0 Å². The molecule has 1 aliphatic carbocycles. The Bertz CT molecular complexity index is 145. The molecule has 0 amide bonds. The van der Waals surface area contributed by atoms with Crippen molar-refractivity contribution in [3.63, 3.8) is 0 Å². The topological polar surface area (TPSA) is 12.0 Å². The average molecular weight is 197 g/mol. The predicted octanol–water partition coefficient (Wildman–Crippen LogP) is 3.92. The van der Waals surface area contributed by atoms with Gasteiger partial charge in [0.25, 0.3) is 0 Å². The van der Waals surface area contributed by atoms with Crippen LogP contribution in [-0.4, -0.2) is 13.6 Å². The number of hydrogen-bond donors (Lipinski definition) is 1. The van der Waals surface area contributed by atoms with Gasteiger partial charge in [-0.2, -0.15) is 0 Å². The first kappa shape index (κ1) is 15.9. The SMILES string of the molecule is CC.CCC.CNCC1=CCCC=C1. The first-order valence-electron chi connectivity index (χ1n) is 5.85. The van der Waals surface area contributed by atoms with E-state index in [1.165, 1.54) is 24.8 Å². The minimum atomic E-state index is 1.01. The molecular formula is C13H27N. The molecule has 0 radical (unpaired) electrons. The number of rotatable bonds is 2. The first-order valence-corrected chi connectivity index (χ1v) is 5.85. The highest BCUT2D eigenvalue weighted by atomic mass is 14.8. The van der Waals surface area contributed by atoms with Crippen LogP contribution in [0.5, 0.6) is 0 Å². The molecule has 0 bridgehead atoms. The number of likely N-dealkylation sites (N-methyl/N-ethyl adjacent to an activating group) is 1. The van der Waals surface area contributed by atoms with Crippen LogP contribution in [0.4, 0.5) is 0 Å². The number of allylic oxidation sites excluding steroid dienone is 2. The van der Waals surface area contributed by atoms with Gasteiger partial charge in [-0.1, -0.05) is 52.3 Å². The molecule has 0 spiro atoms. The van der Waals surface area contributed by atoms with Crippen LogP contribution in [0.25, 0.3) is 0 Å². The van der Waals surface area contributed by atoms with Crippen molar-refractivity contribution < 1.29 is 0 Å². The zero-order valence-corrected chi connectivity index (χ0v) is 10.6. The summed E-state index contributed by atoms with van der Waals surface area (Å²) >= 11 is 0. The van der Waals surface area contributed by atoms with Crippen LogP contribution in [-0.2, 0) is 0 Å². The Morgan fingerprint density at radius 2 is 1.79 bits per heavy atom. The Balaban J connectivity index is 0. The normalized spacial score (nSPS) is 13.1. The summed E-state index contributed by atoms with van der Waals surface area (Å²) in [5.41, 5.74) is 1.42. The van der Waals surface area contributed by atoms with E-state index in [-0.39, 0.29) is 0 Å². The van der Waals surface area contributed by atoms with E-state index in [0.717, 1.165) is 6.54 Å². The minimum absolute atomic E-state index is 1.01. The Kier molecular flexibility index (Phi) is 17.0. The van der Waals surface area contributed by atoms with E-state index in [1.54, 1.807) is 0 Å². The standard InChI is InChI=1S/C8H13N.C3H8.C2H6/c1-9-7-8-5-3-2-4-6-8;1-3-2;1-2/h3,5-6,9H,2,4,7H2,1H3;3H2,1-2H3;1-2H3. The lowest BCUT2D eigenvalue weighted by Gasteiger charge is -2.04. The van der Waals surface area contributed by atoms with Crippen LogP contribution in [0, 0.1) is 0 Å². The molecule has 0 unspecified atom stereocenters. The van der Waals surface area contributed by atoms with E-state index in [2.05, 4.69) is 37.4 Å². The molecule has 0 atom stereocenters. The fraction of sp³-hybridized carbons (Fsp3) is 0.692. The molecule has 0 saturated carbocycles. The monoisotopic (exact) mass is 197 g/mol. The van der Waals surface area contributed by atoms with Crippen molar-refractivity contribution >= 4 is 0 Å². The van der Waals surface area contributed by atoms with Gasteiger partial charge in [-0.3, -0.25) is 0 Å². The maximum atomic E-state index is 3.12. The van der Waals surface area contributed by atoms with Gasteiger partial charge < -0.3 is 5.32 Å². The lowest BCUT2D eigenvalue weighted by molar-refractivity contribution is 0.874. The minimum Gasteiger partial charge on any atom is -0.316 e. The van der Waals surface area contributed by atoms with Crippen LogP contribution in [0.1, 0.15) is 47.0 Å². The van der Waals surface area contributed by atoms with Crippen molar-refractivity contribution in [3.05, 3.63) is 23.8 Å². The third-order valence-electron chi connectivity index (χ3n) is 1.45. The molecule has 0 saturated heterocycles. The van der Waals surface area contributed by atoms with E-state index in [1.807, 2.05) is 20.9 Å². The summed E-state index contributed by atoms with van der Waals surface area (Å²) in [6.07, 6.45) is 10.4. The van der Waals surface area contributed by atoms with Crippen molar-refractivity contribution in [2.45, 2.75) is 47.0 Å². The summed E-state index contributed by atoms with van der Waals surface area (Å²) in [6.45, 7) is 9.26. The smallest absolute Gasteiger partial charge is 0.0199 e. The van der Waals surface area contributed by atoms with Gasteiger partial charge in [0.05, 0.1) is 0 Å². The van der Waals surface area contributed by atoms with Gasteiger partial charge in [0.15, 0.2) is 0 Å². The third kappa shape index (κ3) is 11.4. The quantitative estimate of drug-likeness (QED) is 0.707. The van der Waals surface area contributed by atoms with Crippen molar-refractivity contribution in [2.24, 2.45) is 0 Å². The first-order chi connectivity index (χ1) is 6.85. The second-order valence-corrected chi connectivity index (χ2v) is 3.00. The molecule has 0 heterocycles. The second-order valence-electron chi connectivity index (χ2n) is 3.00. The summed E-state index contributed by atoms with van der Waals surface area (Å²) in [6, 6.07) is 0. The summed E-state index contributed by atoms with van der Waals surface area (Å²) < 4.78 is 0. The van der Waals surface area contributed by atoms with Crippen LogP contribution in [0.2, 0.25) is 0 Å². The summed E-state index contributed by atoms with van der Waals surface area (Å²) in [7, 11) is 1.98. The van der Waals surface area contributed by atoms with E-state index in [0.29, 0.717) is 0 Å². The van der Waals surface area contributed by atoms with Crippen LogP contribution >= 0.6 is 0 Å². The Morgan fingerprint density at radius 3 is 2.14 bits per heavy atom. The number of hydrogen-bond acceptors (Lipinski definition) is 1. The van der Waals surface area contributed by atoms with Gasteiger partial charge in [-0.05, 0) is 25.5 Å². The Morgan fingerprint density at radius 1 is 1.21 bits per heavy atom. The zero-order valence-electron chi connectivity index (χ0n) is 10.6. The van der Waals surface area contributed by atoms with Gasteiger partial charge in [0, 0.05) is 6.54 Å².